The fourth-order valence-corrected chi connectivity index (χ4v) is 3.11. The molecule has 0 unspecified atom stereocenters. The van der Waals surface area contributed by atoms with E-state index in [-0.39, 0.29) is 0 Å². The zero-order valence-electron chi connectivity index (χ0n) is 11.8. The summed E-state index contributed by atoms with van der Waals surface area (Å²) >= 11 is 0. The Morgan fingerprint density at radius 3 is 2.33 bits per heavy atom. The highest BCUT2D eigenvalue weighted by Gasteiger charge is 2.15. The van der Waals surface area contributed by atoms with E-state index in [1.165, 1.54) is 27.7 Å². The van der Waals surface area contributed by atoms with Gasteiger partial charge in [0.1, 0.15) is 0 Å². The van der Waals surface area contributed by atoms with E-state index < -0.39 is 0 Å². The predicted molar refractivity (Wildman–Crippen MR) is 89.2 cm³/mol. The molecule has 1 aliphatic carbocycles. The molecule has 3 aromatic rings. The summed E-state index contributed by atoms with van der Waals surface area (Å²) in [4.78, 5) is 3.61. The molecule has 1 aliphatic rings. The maximum absolute atomic E-state index is 3.61. The number of hydrogen-bond donors (Lipinski definition) is 1. The van der Waals surface area contributed by atoms with E-state index in [0.717, 1.165) is 6.42 Å². The van der Waals surface area contributed by atoms with Gasteiger partial charge in [-0.2, -0.15) is 0 Å². The number of para-hydroxylation sites is 1. The van der Waals surface area contributed by atoms with Crippen LogP contribution < -0.4 is 0 Å². The van der Waals surface area contributed by atoms with E-state index in [4.69, 9.17) is 0 Å². The van der Waals surface area contributed by atoms with Crippen LogP contribution in [0, 0.1) is 5.92 Å². The van der Waals surface area contributed by atoms with Crippen molar-refractivity contribution in [2.45, 2.75) is 6.42 Å². The minimum Gasteiger partial charge on any atom is -0.354 e. The SMILES string of the molecule is C1=CC(Cc2c(-c3ccccc3)[nH]c3ccccc23)C=C1. The summed E-state index contributed by atoms with van der Waals surface area (Å²) in [5.41, 5.74) is 5.15. The Labute approximate surface area is 124 Å². The van der Waals surface area contributed by atoms with Crippen LogP contribution in [0.25, 0.3) is 22.2 Å². The van der Waals surface area contributed by atoms with Crippen LogP contribution >= 0.6 is 0 Å². The van der Waals surface area contributed by atoms with E-state index in [1.54, 1.807) is 0 Å². The van der Waals surface area contributed by atoms with Crippen LogP contribution in [-0.4, -0.2) is 4.98 Å². The van der Waals surface area contributed by atoms with Crippen molar-refractivity contribution in [2.24, 2.45) is 5.92 Å². The third kappa shape index (κ3) is 2.21. The molecule has 0 saturated carbocycles. The third-order valence-electron chi connectivity index (χ3n) is 4.14. The van der Waals surface area contributed by atoms with Crippen LogP contribution in [0.4, 0.5) is 0 Å². The van der Waals surface area contributed by atoms with Gasteiger partial charge in [-0.1, -0.05) is 72.8 Å². The molecule has 1 aromatic heterocycles. The second kappa shape index (κ2) is 5.10. The molecule has 0 spiro atoms. The largest absolute Gasteiger partial charge is 0.354 e. The topological polar surface area (TPSA) is 15.8 Å². The van der Waals surface area contributed by atoms with Crippen LogP contribution in [0.15, 0.2) is 78.9 Å². The van der Waals surface area contributed by atoms with Crippen molar-refractivity contribution in [1.82, 2.24) is 4.98 Å². The molecule has 1 nitrogen and oxygen atoms in total. The lowest BCUT2D eigenvalue weighted by atomic mass is 9.96. The Morgan fingerprint density at radius 2 is 1.52 bits per heavy atom. The monoisotopic (exact) mass is 271 g/mol. The molecule has 1 heteroatoms. The molecular formula is C20H17N. The van der Waals surface area contributed by atoms with Crippen molar-refractivity contribution in [1.29, 1.82) is 0 Å². The molecular weight excluding hydrogens is 254 g/mol. The van der Waals surface area contributed by atoms with Crippen LogP contribution in [0.3, 0.4) is 0 Å². The maximum Gasteiger partial charge on any atom is 0.0497 e. The number of rotatable bonds is 3. The van der Waals surface area contributed by atoms with Crippen LogP contribution in [0.5, 0.6) is 0 Å². The van der Waals surface area contributed by atoms with Gasteiger partial charge in [-0.3, -0.25) is 0 Å². The van der Waals surface area contributed by atoms with Crippen molar-refractivity contribution in [3.63, 3.8) is 0 Å². The van der Waals surface area contributed by atoms with Crippen LogP contribution in [0.1, 0.15) is 5.56 Å². The molecule has 0 bridgehead atoms. The van der Waals surface area contributed by atoms with Gasteiger partial charge < -0.3 is 4.98 Å². The Morgan fingerprint density at radius 1 is 0.810 bits per heavy atom. The van der Waals surface area contributed by atoms with Gasteiger partial charge in [0.05, 0.1) is 0 Å². The first kappa shape index (κ1) is 12.2. The Kier molecular flexibility index (Phi) is 2.97. The third-order valence-corrected chi connectivity index (χ3v) is 4.14. The molecule has 0 atom stereocenters. The normalized spacial score (nSPS) is 14.3. The van der Waals surface area contributed by atoms with Crippen molar-refractivity contribution >= 4 is 10.9 Å². The van der Waals surface area contributed by atoms with Gasteiger partial charge in [-0.15, -0.1) is 0 Å². The van der Waals surface area contributed by atoms with E-state index in [9.17, 15) is 0 Å². The Hall–Kier alpha value is -2.54. The number of allylic oxidation sites excluding steroid dienone is 4. The molecule has 1 heterocycles. The predicted octanol–water partition coefficient (Wildman–Crippen LogP) is 5.12. The number of aromatic amines is 1. The minimum atomic E-state index is 0.506. The quantitative estimate of drug-likeness (QED) is 0.680. The van der Waals surface area contributed by atoms with Crippen molar-refractivity contribution in [3.05, 3.63) is 84.5 Å². The van der Waals surface area contributed by atoms with Gasteiger partial charge in [0, 0.05) is 16.6 Å². The number of benzene rings is 2. The zero-order valence-corrected chi connectivity index (χ0v) is 11.8. The summed E-state index contributed by atoms with van der Waals surface area (Å²) in [6, 6.07) is 19.2. The lowest BCUT2D eigenvalue weighted by molar-refractivity contribution is 0.823. The zero-order chi connectivity index (χ0) is 14.1. The van der Waals surface area contributed by atoms with E-state index >= 15 is 0 Å². The van der Waals surface area contributed by atoms with Gasteiger partial charge in [0.25, 0.3) is 0 Å². The smallest absolute Gasteiger partial charge is 0.0497 e. The molecule has 0 fully saturated rings. The summed E-state index contributed by atoms with van der Waals surface area (Å²) in [6.07, 6.45) is 9.87. The number of aromatic nitrogens is 1. The average Bonchev–Trinajstić information content (AvgIpc) is 3.17. The number of hydrogen-bond acceptors (Lipinski definition) is 0. The number of nitrogens with one attached hydrogen (secondary N) is 1. The molecule has 0 aliphatic heterocycles. The highest BCUT2D eigenvalue weighted by atomic mass is 14.7. The number of fused-ring (bicyclic) bond motifs is 1. The van der Waals surface area contributed by atoms with Gasteiger partial charge in [0.2, 0.25) is 0 Å². The lowest BCUT2D eigenvalue weighted by Crippen LogP contribution is -1.97. The first-order valence-electron chi connectivity index (χ1n) is 7.42. The summed E-state index contributed by atoms with van der Waals surface area (Å²) in [5, 5.41) is 1.34. The maximum atomic E-state index is 3.61. The van der Waals surface area contributed by atoms with E-state index in [0.29, 0.717) is 5.92 Å². The highest BCUT2D eigenvalue weighted by Crippen LogP contribution is 2.33. The lowest BCUT2D eigenvalue weighted by Gasteiger charge is -2.08. The van der Waals surface area contributed by atoms with Crippen LogP contribution in [-0.2, 0) is 6.42 Å². The van der Waals surface area contributed by atoms with Crippen molar-refractivity contribution < 1.29 is 0 Å². The molecule has 1 N–H and O–H groups in total. The Bertz CT molecular complexity index is 809. The van der Waals surface area contributed by atoms with Gasteiger partial charge in [-0.25, -0.2) is 0 Å². The fraction of sp³-hybridized carbons (Fsp3) is 0.100. The molecule has 0 amide bonds. The Balaban J connectivity index is 1.88. The van der Waals surface area contributed by atoms with Gasteiger partial charge in [0.15, 0.2) is 0 Å². The molecule has 0 saturated heterocycles. The summed E-state index contributed by atoms with van der Waals surface area (Å²) in [7, 11) is 0. The standard InChI is InChI=1S/C20H17N/c1-2-10-16(11-3-1)20-18(14-15-8-4-5-9-15)17-12-6-7-13-19(17)21-20/h1-13,15,21H,14H2. The number of H-pyrrole nitrogens is 1. The highest BCUT2D eigenvalue weighted by molar-refractivity contribution is 5.90. The van der Waals surface area contributed by atoms with Gasteiger partial charge in [-0.05, 0) is 29.5 Å². The first-order valence-corrected chi connectivity index (χ1v) is 7.42. The van der Waals surface area contributed by atoms with Crippen molar-refractivity contribution in [3.8, 4) is 11.3 Å². The molecule has 0 radical (unpaired) electrons. The molecule has 21 heavy (non-hydrogen) atoms. The molecule has 4 rings (SSSR count). The molecule has 2 aromatic carbocycles. The second-order valence-corrected chi connectivity index (χ2v) is 5.53. The second-order valence-electron chi connectivity index (χ2n) is 5.53. The average molecular weight is 271 g/mol. The van der Waals surface area contributed by atoms with Crippen molar-refractivity contribution in [2.75, 3.05) is 0 Å². The van der Waals surface area contributed by atoms with Crippen LogP contribution in [0.2, 0.25) is 0 Å². The summed E-state index contributed by atoms with van der Waals surface area (Å²) in [6.45, 7) is 0. The first-order chi connectivity index (χ1) is 10.4. The van der Waals surface area contributed by atoms with Gasteiger partial charge >= 0.3 is 0 Å². The minimum absolute atomic E-state index is 0.506. The fourth-order valence-electron chi connectivity index (χ4n) is 3.11. The summed E-state index contributed by atoms with van der Waals surface area (Å²) < 4.78 is 0. The molecule has 102 valence electrons. The van der Waals surface area contributed by atoms with E-state index in [2.05, 4.69) is 83.9 Å². The van der Waals surface area contributed by atoms with E-state index in [1.807, 2.05) is 0 Å². The summed E-state index contributed by atoms with van der Waals surface area (Å²) in [5.74, 6) is 0.506.